The molecule has 0 atom stereocenters. The average Bonchev–Trinajstić information content (AvgIpc) is 2.82. The third kappa shape index (κ3) is 3.53. The van der Waals surface area contributed by atoms with Crippen molar-refractivity contribution in [1.29, 1.82) is 0 Å². The van der Waals surface area contributed by atoms with E-state index in [1.165, 1.54) is 16.2 Å². The van der Waals surface area contributed by atoms with Crippen LogP contribution in [0.5, 0.6) is 0 Å². The zero-order valence-corrected chi connectivity index (χ0v) is 12.5. The average molecular weight is 331 g/mol. The highest BCUT2D eigenvalue weighted by Gasteiger charge is 2.33. The number of nitro groups is 1. The van der Waals surface area contributed by atoms with Crippen molar-refractivity contribution in [3.8, 4) is 0 Å². The Bertz CT molecular complexity index is 700. The van der Waals surface area contributed by atoms with Crippen LogP contribution < -0.4 is 4.90 Å². The highest BCUT2D eigenvalue weighted by atomic mass is 32.1. The van der Waals surface area contributed by atoms with Gasteiger partial charge in [0.15, 0.2) is 0 Å². The Balaban J connectivity index is 2.35. The van der Waals surface area contributed by atoms with Gasteiger partial charge in [-0.3, -0.25) is 10.1 Å². The number of nitrogens with zero attached hydrogens (tertiary/aromatic N) is 3. The molecule has 1 heterocycles. The Morgan fingerprint density at radius 2 is 2.09 bits per heavy atom. The topological polar surface area (TPSA) is 59.3 Å². The standard InChI is InChI=1S/C13H12F3N3O2S/c1-8-7-22-12(17-8)6-18(2)10-4-3-9(13(14,15)16)5-11(10)19(20)21/h3-5,7H,6H2,1-2H3. The molecule has 2 rings (SSSR count). The molecule has 0 fully saturated rings. The maximum atomic E-state index is 12.7. The number of hydrogen-bond donors (Lipinski definition) is 0. The van der Waals surface area contributed by atoms with Crippen LogP contribution in [0.2, 0.25) is 0 Å². The van der Waals surface area contributed by atoms with Crippen molar-refractivity contribution in [3.05, 3.63) is 50.0 Å². The van der Waals surface area contributed by atoms with E-state index in [0.717, 1.165) is 22.8 Å². The van der Waals surface area contributed by atoms with Crippen LogP contribution in [0.4, 0.5) is 24.5 Å². The number of thiazole rings is 1. The van der Waals surface area contributed by atoms with Gasteiger partial charge < -0.3 is 4.90 Å². The summed E-state index contributed by atoms with van der Waals surface area (Å²) in [5.41, 5.74) is -0.673. The molecule has 0 aliphatic rings. The van der Waals surface area contributed by atoms with Crippen LogP contribution in [0.3, 0.4) is 0 Å². The van der Waals surface area contributed by atoms with Crippen LogP contribution in [0.1, 0.15) is 16.3 Å². The quantitative estimate of drug-likeness (QED) is 0.627. The number of benzene rings is 1. The van der Waals surface area contributed by atoms with Gasteiger partial charge in [0.2, 0.25) is 0 Å². The van der Waals surface area contributed by atoms with Crippen LogP contribution in [0.25, 0.3) is 0 Å². The Hall–Kier alpha value is -2.16. The maximum Gasteiger partial charge on any atom is 0.416 e. The molecule has 118 valence electrons. The van der Waals surface area contributed by atoms with Gasteiger partial charge in [-0.25, -0.2) is 4.98 Å². The van der Waals surface area contributed by atoms with Gasteiger partial charge in [-0.05, 0) is 19.1 Å². The van der Waals surface area contributed by atoms with E-state index in [-0.39, 0.29) is 12.2 Å². The minimum absolute atomic E-state index is 0.117. The van der Waals surface area contributed by atoms with Gasteiger partial charge in [-0.1, -0.05) is 0 Å². The van der Waals surface area contributed by atoms with E-state index in [1.807, 2.05) is 12.3 Å². The van der Waals surface area contributed by atoms with Crippen molar-refractivity contribution in [3.63, 3.8) is 0 Å². The van der Waals surface area contributed by atoms with Crippen molar-refractivity contribution >= 4 is 22.7 Å². The van der Waals surface area contributed by atoms with Gasteiger partial charge in [0.05, 0.1) is 17.0 Å². The predicted molar refractivity (Wildman–Crippen MR) is 77.1 cm³/mol. The van der Waals surface area contributed by atoms with E-state index in [1.54, 1.807) is 7.05 Å². The molecule has 2 aromatic rings. The third-order valence-electron chi connectivity index (χ3n) is 2.95. The van der Waals surface area contributed by atoms with Crippen molar-refractivity contribution in [2.45, 2.75) is 19.6 Å². The SMILES string of the molecule is Cc1csc(CN(C)c2ccc(C(F)(F)F)cc2[N+](=O)[O-])n1. The lowest BCUT2D eigenvalue weighted by Gasteiger charge is -2.18. The third-order valence-corrected chi connectivity index (χ3v) is 3.90. The molecule has 0 saturated carbocycles. The lowest BCUT2D eigenvalue weighted by atomic mass is 10.1. The predicted octanol–water partition coefficient (Wildman–Crippen LogP) is 4.01. The summed E-state index contributed by atoms with van der Waals surface area (Å²) in [6.45, 7) is 2.10. The van der Waals surface area contributed by atoms with E-state index in [0.29, 0.717) is 6.07 Å². The van der Waals surface area contributed by atoms with Gasteiger partial charge in [0.1, 0.15) is 10.7 Å². The molecule has 0 unspecified atom stereocenters. The van der Waals surface area contributed by atoms with E-state index in [9.17, 15) is 23.3 Å². The Kier molecular flexibility index (Phi) is 4.36. The molecule has 0 aliphatic heterocycles. The number of alkyl halides is 3. The first-order valence-corrected chi connectivity index (χ1v) is 7.04. The smallest absolute Gasteiger partial charge is 0.362 e. The Morgan fingerprint density at radius 1 is 1.41 bits per heavy atom. The first kappa shape index (κ1) is 16.2. The highest BCUT2D eigenvalue weighted by molar-refractivity contribution is 7.09. The summed E-state index contributed by atoms with van der Waals surface area (Å²) < 4.78 is 38.0. The van der Waals surface area contributed by atoms with E-state index in [4.69, 9.17) is 0 Å². The van der Waals surface area contributed by atoms with Crippen LogP contribution >= 0.6 is 11.3 Å². The fourth-order valence-electron chi connectivity index (χ4n) is 1.93. The van der Waals surface area contributed by atoms with Gasteiger partial charge in [-0.15, -0.1) is 11.3 Å². The molecule has 1 aromatic carbocycles. The normalized spacial score (nSPS) is 11.5. The number of aromatic nitrogens is 1. The minimum Gasteiger partial charge on any atom is -0.362 e. The van der Waals surface area contributed by atoms with Gasteiger partial charge in [0, 0.05) is 24.2 Å². The Labute approximate surface area is 128 Å². The van der Waals surface area contributed by atoms with E-state index < -0.39 is 22.4 Å². The first-order valence-electron chi connectivity index (χ1n) is 6.16. The molecule has 0 N–H and O–H groups in total. The zero-order valence-electron chi connectivity index (χ0n) is 11.7. The van der Waals surface area contributed by atoms with Gasteiger partial charge in [0.25, 0.3) is 5.69 Å². The highest BCUT2D eigenvalue weighted by Crippen LogP contribution is 2.36. The van der Waals surface area contributed by atoms with Gasteiger partial charge in [-0.2, -0.15) is 13.2 Å². The summed E-state index contributed by atoms with van der Waals surface area (Å²) >= 11 is 1.39. The monoisotopic (exact) mass is 331 g/mol. The van der Waals surface area contributed by atoms with E-state index in [2.05, 4.69) is 4.98 Å². The minimum atomic E-state index is -4.62. The number of anilines is 1. The maximum absolute atomic E-state index is 12.7. The van der Waals surface area contributed by atoms with Crippen LogP contribution in [0.15, 0.2) is 23.6 Å². The summed E-state index contributed by atoms with van der Waals surface area (Å²) in [7, 11) is 1.58. The molecule has 0 radical (unpaired) electrons. The summed E-state index contributed by atoms with van der Waals surface area (Å²) in [4.78, 5) is 16.0. The number of hydrogen-bond acceptors (Lipinski definition) is 5. The molecule has 0 saturated heterocycles. The van der Waals surface area contributed by atoms with Crippen LogP contribution in [0, 0.1) is 17.0 Å². The molecule has 5 nitrogen and oxygen atoms in total. The summed E-state index contributed by atoms with van der Waals surface area (Å²) in [6.07, 6.45) is -4.62. The lowest BCUT2D eigenvalue weighted by Crippen LogP contribution is -2.18. The van der Waals surface area contributed by atoms with E-state index >= 15 is 0 Å². The lowest BCUT2D eigenvalue weighted by molar-refractivity contribution is -0.384. The summed E-state index contributed by atoms with van der Waals surface area (Å²) in [5.74, 6) is 0. The summed E-state index contributed by atoms with van der Waals surface area (Å²) in [5, 5.41) is 13.6. The molecule has 0 amide bonds. The van der Waals surface area contributed by atoms with Crippen molar-refractivity contribution in [2.75, 3.05) is 11.9 Å². The number of aryl methyl sites for hydroxylation is 1. The number of nitro benzene ring substituents is 1. The molecule has 0 bridgehead atoms. The molecular formula is C13H12F3N3O2S. The zero-order chi connectivity index (χ0) is 16.5. The first-order chi connectivity index (χ1) is 10.2. The molecule has 9 heteroatoms. The van der Waals surface area contributed by atoms with Crippen LogP contribution in [-0.4, -0.2) is 17.0 Å². The second-order valence-corrected chi connectivity index (χ2v) is 5.64. The van der Waals surface area contributed by atoms with Gasteiger partial charge >= 0.3 is 6.18 Å². The summed E-state index contributed by atoms with van der Waals surface area (Å²) in [6, 6.07) is 2.51. The molecular weight excluding hydrogens is 319 g/mol. The van der Waals surface area contributed by atoms with Crippen LogP contribution in [-0.2, 0) is 12.7 Å². The van der Waals surface area contributed by atoms with Crippen molar-refractivity contribution in [2.24, 2.45) is 0 Å². The fourth-order valence-corrected chi connectivity index (χ4v) is 2.76. The molecule has 0 spiro atoms. The number of rotatable bonds is 4. The largest absolute Gasteiger partial charge is 0.416 e. The second kappa shape index (κ2) is 5.91. The molecule has 1 aromatic heterocycles. The molecule has 0 aliphatic carbocycles. The Morgan fingerprint density at radius 3 is 2.59 bits per heavy atom. The molecule has 22 heavy (non-hydrogen) atoms. The van der Waals surface area contributed by atoms with Crippen molar-refractivity contribution < 1.29 is 18.1 Å². The second-order valence-electron chi connectivity index (χ2n) is 4.70. The van der Waals surface area contributed by atoms with Crippen molar-refractivity contribution in [1.82, 2.24) is 4.98 Å². The number of halogens is 3. The fraction of sp³-hybridized carbons (Fsp3) is 0.308.